The second kappa shape index (κ2) is 8.21. The summed E-state index contributed by atoms with van der Waals surface area (Å²) in [6.07, 6.45) is 0.894. The van der Waals surface area contributed by atoms with E-state index in [1.54, 1.807) is 0 Å². The lowest BCUT2D eigenvalue weighted by Gasteiger charge is -2.08. The second-order valence-corrected chi connectivity index (χ2v) is 4.09. The molecule has 0 heterocycles. The lowest BCUT2D eigenvalue weighted by molar-refractivity contribution is -0.121. The van der Waals surface area contributed by atoms with Gasteiger partial charge in [0.15, 0.2) is 0 Å². The average Bonchev–Trinajstić information content (AvgIpc) is 2.41. The lowest BCUT2D eigenvalue weighted by Crippen LogP contribution is -2.35. The van der Waals surface area contributed by atoms with Crippen LogP contribution in [0.15, 0.2) is 18.2 Å². The summed E-state index contributed by atoms with van der Waals surface area (Å²) in [6.45, 7) is 0.697. The number of benzene rings is 1. The van der Waals surface area contributed by atoms with Crippen LogP contribution in [-0.4, -0.2) is 31.4 Å². The van der Waals surface area contributed by atoms with Crippen LogP contribution in [0.5, 0.6) is 0 Å². The first kappa shape index (κ1) is 16.0. The summed E-state index contributed by atoms with van der Waals surface area (Å²) in [5.74, 6) is -2.87. The van der Waals surface area contributed by atoms with Crippen LogP contribution in [0.1, 0.15) is 23.2 Å². The summed E-state index contributed by atoms with van der Waals surface area (Å²) in [4.78, 5) is 22.8. The Morgan fingerprint density at radius 3 is 2.30 bits per heavy atom. The largest absolute Gasteiger partial charge is 0.354 e. The van der Waals surface area contributed by atoms with Gasteiger partial charge in [-0.15, -0.1) is 0 Å². The molecule has 4 N–H and O–H groups in total. The highest BCUT2D eigenvalue weighted by atomic mass is 19.1. The van der Waals surface area contributed by atoms with E-state index in [4.69, 9.17) is 5.73 Å². The van der Waals surface area contributed by atoms with E-state index < -0.39 is 23.1 Å². The molecule has 0 bridgehead atoms. The molecule has 7 heteroatoms. The summed E-state index contributed by atoms with van der Waals surface area (Å²) < 4.78 is 26.6. The van der Waals surface area contributed by atoms with Crippen LogP contribution in [-0.2, 0) is 4.79 Å². The molecule has 0 aliphatic heterocycles. The van der Waals surface area contributed by atoms with Crippen molar-refractivity contribution in [2.24, 2.45) is 5.73 Å². The third-order valence-corrected chi connectivity index (χ3v) is 2.53. The highest BCUT2D eigenvalue weighted by Crippen LogP contribution is 2.11. The summed E-state index contributed by atoms with van der Waals surface area (Å²) in [7, 11) is 0. The molecule has 0 aromatic heterocycles. The van der Waals surface area contributed by atoms with Gasteiger partial charge in [0.25, 0.3) is 5.91 Å². The molecule has 110 valence electrons. The van der Waals surface area contributed by atoms with Gasteiger partial charge in [-0.05, 0) is 25.1 Å². The van der Waals surface area contributed by atoms with Crippen molar-refractivity contribution in [3.05, 3.63) is 35.4 Å². The number of hydrogen-bond acceptors (Lipinski definition) is 3. The third kappa shape index (κ3) is 4.93. The standard InChI is InChI=1S/C13H17F2N3O2/c14-9-3-1-4-10(15)12(9)13(20)18-8-7-17-11(19)5-2-6-16/h1,3-4H,2,5-8,16H2,(H,17,19)(H,18,20). The zero-order valence-corrected chi connectivity index (χ0v) is 10.9. The molecule has 1 aromatic rings. The van der Waals surface area contributed by atoms with Gasteiger partial charge in [-0.25, -0.2) is 8.78 Å². The van der Waals surface area contributed by atoms with Gasteiger partial charge in [-0.2, -0.15) is 0 Å². The van der Waals surface area contributed by atoms with Crippen LogP contribution in [0.25, 0.3) is 0 Å². The van der Waals surface area contributed by atoms with Gasteiger partial charge in [-0.3, -0.25) is 9.59 Å². The molecular weight excluding hydrogens is 268 g/mol. The van der Waals surface area contributed by atoms with Crippen molar-refractivity contribution in [2.75, 3.05) is 19.6 Å². The zero-order valence-electron chi connectivity index (χ0n) is 10.9. The van der Waals surface area contributed by atoms with Crippen LogP contribution in [0.3, 0.4) is 0 Å². The molecule has 0 aliphatic carbocycles. The molecule has 20 heavy (non-hydrogen) atoms. The number of nitrogens with two attached hydrogens (primary N) is 1. The fourth-order valence-electron chi connectivity index (χ4n) is 1.53. The summed E-state index contributed by atoms with van der Waals surface area (Å²) in [6, 6.07) is 3.19. The van der Waals surface area contributed by atoms with E-state index in [0.717, 1.165) is 12.1 Å². The minimum atomic E-state index is -0.922. The van der Waals surface area contributed by atoms with Gasteiger partial charge in [0.1, 0.15) is 17.2 Å². The lowest BCUT2D eigenvalue weighted by atomic mass is 10.2. The Bertz CT molecular complexity index is 460. The number of carbonyl (C=O) groups is 2. The predicted molar refractivity (Wildman–Crippen MR) is 70.0 cm³/mol. The van der Waals surface area contributed by atoms with Gasteiger partial charge in [0.05, 0.1) is 0 Å². The van der Waals surface area contributed by atoms with E-state index in [9.17, 15) is 18.4 Å². The molecule has 2 amide bonds. The molecule has 0 saturated heterocycles. The normalized spacial score (nSPS) is 10.2. The average molecular weight is 285 g/mol. The number of rotatable bonds is 7. The Balaban J connectivity index is 2.35. The zero-order chi connectivity index (χ0) is 15.0. The number of amides is 2. The molecular formula is C13H17F2N3O2. The molecule has 0 spiro atoms. The molecule has 0 aliphatic rings. The van der Waals surface area contributed by atoms with Crippen LogP contribution >= 0.6 is 0 Å². The van der Waals surface area contributed by atoms with Crippen LogP contribution in [0.2, 0.25) is 0 Å². The van der Waals surface area contributed by atoms with Crippen molar-refractivity contribution in [2.45, 2.75) is 12.8 Å². The highest BCUT2D eigenvalue weighted by molar-refractivity contribution is 5.94. The molecule has 0 radical (unpaired) electrons. The summed E-state index contributed by atoms with van der Waals surface area (Å²) >= 11 is 0. The second-order valence-electron chi connectivity index (χ2n) is 4.09. The maximum absolute atomic E-state index is 13.3. The van der Waals surface area contributed by atoms with Crippen molar-refractivity contribution in [3.8, 4) is 0 Å². The van der Waals surface area contributed by atoms with E-state index in [1.165, 1.54) is 6.07 Å². The summed E-state index contributed by atoms with van der Waals surface area (Å²) in [5, 5.41) is 4.89. The molecule has 1 rings (SSSR count). The summed E-state index contributed by atoms with van der Waals surface area (Å²) in [5.41, 5.74) is 4.63. The molecule has 1 aromatic carbocycles. The van der Waals surface area contributed by atoms with Gasteiger partial charge in [0, 0.05) is 19.5 Å². The van der Waals surface area contributed by atoms with E-state index in [-0.39, 0.29) is 19.0 Å². The molecule has 0 unspecified atom stereocenters. The number of halogens is 2. The van der Waals surface area contributed by atoms with E-state index >= 15 is 0 Å². The van der Waals surface area contributed by atoms with E-state index in [0.29, 0.717) is 19.4 Å². The van der Waals surface area contributed by atoms with Crippen molar-refractivity contribution in [3.63, 3.8) is 0 Å². The van der Waals surface area contributed by atoms with Crippen molar-refractivity contribution in [1.29, 1.82) is 0 Å². The molecule has 0 fully saturated rings. The Hall–Kier alpha value is -2.02. The monoisotopic (exact) mass is 285 g/mol. The quantitative estimate of drug-likeness (QED) is 0.640. The molecule has 0 atom stereocenters. The van der Waals surface area contributed by atoms with E-state index in [2.05, 4.69) is 10.6 Å². The molecule has 5 nitrogen and oxygen atoms in total. The minimum Gasteiger partial charge on any atom is -0.354 e. The third-order valence-electron chi connectivity index (χ3n) is 2.53. The minimum absolute atomic E-state index is 0.0843. The van der Waals surface area contributed by atoms with Gasteiger partial charge in [0.2, 0.25) is 5.91 Å². The first-order valence-corrected chi connectivity index (χ1v) is 6.25. The number of nitrogens with one attached hydrogen (secondary N) is 2. The Kier molecular flexibility index (Phi) is 6.58. The Labute approximate surface area is 115 Å². The maximum Gasteiger partial charge on any atom is 0.257 e. The number of hydrogen-bond donors (Lipinski definition) is 3. The van der Waals surface area contributed by atoms with Crippen molar-refractivity contribution < 1.29 is 18.4 Å². The van der Waals surface area contributed by atoms with Gasteiger partial charge < -0.3 is 16.4 Å². The first-order valence-electron chi connectivity index (χ1n) is 6.25. The first-order chi connectivity index (χ1) is 9.56. The van der Waals surface area contributed by atoms with Crippen LogP contribution in [0.4, 0.5) is 8.78 Å². The van der Waals surface area contributed by atoms with Crippen LogP contribution in [0, 0.1) is 11.6 Å². The fraction of sp³-hybridized carbons (Fsp3) is 0.385. The SMILES string of the molecule is NCCCC(=O)NCCNC(=O)c1c(F)cccc1F. The van der Waals surface area contributed by atoms with Crippen molar-refractivity contribution >= 4 is 11.8 Å². The highest BCUT2D eigenvalue weighted by Gasteiger charge is 2.16. The van der Waals surface area contributed by atoms with E-state index in [1.807, 2.05) is 0 Å². The maximum atomic E-state index is 13.3. The van der Waals surface area contributed by atoms with Crippen LogP contribution < -0.4 is 16.4 Å². The van der Waals surface area contributed by atoms with Crippen molar-refractivity contribution in [1.82, 2.24) is 10.6 Å². The Morgan fingerprint density at radius 2 is 1.70 bits per heavy atom. The molecule has 0 saturated carbocycles. The fourth-order valence-corrected chi connectivity index (χ4v) is 1.53. The predicted octanol–water partition coefficient (Wildman–Crippen LogP) is 0.550. The Morgan fingerprint density at radius 1 is 1.10 bits per heavy atom. The van der Waals surface area contributed by atoms with Gasteiger partial charge in [-0.1, -0.05) is 6.07 Å². The van der Waals surface area contributed by atoms with Gasteiger partial charge >= 0.3 is 0 Å². The topological polar surface area (TPSA) is 84.2 Å². The number of carbonyl (C=O) groups excluding carboxylic acids is 2. The smallest absolute Gasteiger partial charge is 0.257 e.